The van der Waals surface area contributed by atoms with Crippen LogP contribution in [0.5, 0.6) is 17.2 Å². The van der Waals surface area contributed by atoms with Crippen molar-refractivity contribution in [3.05, 3.63) is 67.0 Å². The molecular weight excluding hydrogens is 536 g/mol. The standard InChI is InChI=1S/C27H27F2N9O3/c1-27(14-35(2)15-27)16-37-12-18(10-31-37)40-17-5-6-22(41-26(28)29)19(9-17)23-21(13-36(3)34-23)33-25(39)20-11-32-38-8-4-7-30-24(20)38/h4-13,26H,14-16H2,1-3H3,(H,33,39). The number of likely N-dealkylation sites (tertiary alicyclic amines) is 1. The Labute approximate surface area is 233 Å². The van der Waals surface area contributed by atoms with E-state index in [4.69, 9.17) is 9.47 Å². The smallest absolute Gasteiger partial charge is 0.387 e. The summed E-state index contributed by atoms with van der Waals surface area (Å²) in [4.78, 5) is 19.6. The summed E-state index contributed by atoms with van der Waals surface area (Å²) >= 11 is 0. The van der Waals surface area contributed by atoms with Crippen molar-refractivity contribution in [2.75, 3.05) is 25.5 Å². The number of amides is 1. The number of ether oxygens (including phenoxy) is 2. The lowest BCUT2D eigenvalue weighted by Crippen LogP contribution is -2.54. The van der Waals surface area contributed by atoms with Crippen LogP contribution in [0.3, 0.4) is 0 Å². The molecule has 5 heterocycles. The van der Waals surface area contributed by atoms with E-state index in [2.05, 4.69) is 44.5 Å². The topological polar surface area (TPSA) is 117 Å². The average molecular weight is 564 g/mol. The predicted molar refractivity (Wildman–Crippen MR) is 144 cm³/mol. The van der Waals surface area contributed by atoms with Gasteiger partial charge in [0.25, 0.3) is 5.91 Å². The lowest BCUT2D eigenvalue weighted by Gasteiger charge is -2.46. The molecule has 41 heavy (non-hydrogen) atoms. The van der Waals surface area contributed by atoms with Crippen LogP contribution in [0.15, 0.2) is 61.4 Å². The lowest BCUT2D eigenvalue weighted by molar-refractivity contribution is -0.0494. The van der Waals surface area contributed by atoms with Crippen LogP contribution in [0.1, 0.15) is 17.3 Å². The number of aryl methyl sites for hydroxylation is 1. The summed E-state index contributed by atoms with van der Waals surface area (Å²) in [7, 11) is 3.73. The monoisotopic (exact) mass is 563 g/mol. The van der Waals surface area contributed by atoms with Gasteiger partial charge < -0.3 is 19.7 Å². The van der Waals surface area contributed by atoms with Crippen molar-refractivity contribution in [2.24, 2.45) is 12.5 Å². The van der Waals surface area contributed by atoms with Crippen LogP contribution in [-0.2, 0) is 13.6 Å². The lowest BCUT2D eigenvalue weighted by atomic mass is 9.82. The molecule has 5 aromatic rings. The van der Waals surface area contributed by atoms with Crippen LogP contribution >= 0.6 is 0 Å². The highest BCUT2D eigenvalue weighted by Crippen LogP contribution is 2.39. The summed E-state index contributed by atoms with van der Waals surface area (Å²) in [6.07, 6.45) is 9.59. The molecule has 1 aliphatic rings. The zero-order chi connectivity index (χ0) is 28.7. The highest BCUT2D eigenvalue weighted by molar-refractivity contribution is 6.09. The van der Waals surface area contributed by atoms with Crippen LogP contribution in [0.25, 0.3) is 16.9 Å². The molecule has 1 saturated heterocycles. The second-order valence-corrected chi connectivity index (χ2v) is 10.5. The van der Waals surface area contributed by atoms with Gasteiger partial charge >= 0.3 is 6.61 Å². The van der Waals surface area contributed by atoms with E-state index in [-0.39, 0.29) is 33.7 Å². The van der Waals surface area contributed by atoms with Crippen molar-refractivity contribution in [3.8, 4) is 28.5 Å². The van der Waals surface area contributed by atoms with E-state index in [1.54, 1.807) is 44.1 Å². The van der Waals surface area contributed by atoms with E-state index in [1.165, 1.54) is 33.6 Å². The first kappa shape index (κ1) is 26.4. The maximum absolute atomic E-state index is 13.3. The minimum absolute atomic E-state index is 0.128. The molecule has 0 spiro atoms. The molecule has 6 rings (SSSR count). The summed E-state index contributed by atoms with van der Waals surface area (Å²) < 4.78 is 42.2. The normalized spacial score (nSPS) is 14.8. The average Bonchev–Trinajstić information content (AvgIpc) is 3.62. The molecule has 12 nitrogen and oxygen atoms in total. The summed E-state index contributed by atoms with van der Waals surface area (Å²) in [5, 5.41) is 15.8. The van der Waals surface area contributed by atoms with Gasteiger partial charge in [-0.05, 0) is 31.3 Å². The van der Waals surface area contributed by atoms with Crippen LogP contribution in [0.2, 0.25) is 0 Å². The van der Waals surface area contributed by atoms with Crippen LogP contribution in [0, 0.1) is 5.41 Å². The van der Waals surface area contributed by atoms with Gasteiger partial charge in [0.1, 0.15) is 22.8 Å². The Kier molecular flexibility index (Phi) is 6.61. The van der Waals surface area contributed by atoms with Gasteiger partial charge in [0.05, 0.1) is 29.8 Å². The van der Waals surface area contributed by atoms with Crippen molar-refractivity contribution >= 4 is 17.2 Å². The third-order valence-electron chi connectivity index (χ3n) is 6.72. The molecule has 0 saturated carbocycles. The van der Waals surface area contributed by atoms with E-state index in [1.807, 2.05) is 4.68 Å². The van der Waals surface area contributed by atoms with Gasteiger partial charge in [0.15, 0.2) is 11.4 Å². The number of nitrogens with zero attached hydrogens (tertiary/aromatic N) is 8. The number of hydrogen-bond acceptors (Lipinski definition) is 8. The summed E-state index contributed by atoms with van der Waals surface area (Å²) in [5.41, 5.74) is 1.43. The van der Waals surface area contributed by atoms with Crippen LogP contribution in [0.4, 0.5) is 14.5 Å². The zero-order valence-corrected chi connectivity index (χ0v) is 22.5. The predicted octanol–water partition coefficient (Wildman–Crippen LogP) is 3.92. The fourth-order valence-corrected chi connectivity index (χ4v) is 5.28. The number of benzene rings is 1. The Hall–Kier alpha value is -4.85. The zero-order valence-electron chi connectivity index (χ0n) is 22.5. The van der Waals surface area contributed by atoms with Crippen molar-refractivity contribution in [1.82, 2.24) is 39.1 Å². The van der Waals surface area contributed by atoms with Gasteiger partial charge in [-0.3, -0.25) is 14.2 Å². The summed E-state index contributed by atoms with van der Waals surface area (Å²) in [6.45, 7) is 1.84. The molecule has 1 N–H and O–H groups in total. The van der Waals surface area contributed by atoms with E-state index in [0.717, 1.165) is 19.6 Å². The number of rotatable bonds is 9. The first-order valence-corrected chi connectivity index (χ1v) is 12.8. The quantitative estimate of drug-likeness (QED) is 0.287. The van der Waals surface area contributed by atoms with Crippen LogP contribution in [-0.4, -0.2) is 71.7 Å². The van der Waals surface area contributed by atoms with Crippen LogP contribution < -0.4 is 14.8 Å². The molecule has 0 unspecified atom stereocenters. The molecule has 0 aliphatic carbocycles. The van der Waals surface area contributed by atoms with E-state index < -0.39 is 12.5 Å². The molecular formula is C27H27F2N9O3. The molecule has 1 fully saturated rings. The van der Waals surface area contributed by atoms with Crippen molar-refractivity contribution in [2.45, 2.75) is 20.1 Å². The Morgan fingerprint density at radius 1 is 1.15 bits per heavy atom. The van der Waals surface area contributed by atoms with E-state index in [0.29, 0.717) is 17.1 Å². The minimum Gasteiger partial charge on any atom is -0.454 e. The Morgan fingerprint density at radius 3 is 2.76 bits per heavy atom. The first-order chi connectivity index (χ1) is 19.7. The van der Waals surface area contributed by atoms with Gasteiger partial charge in [0, 0.05) is 50.7 Å². The SMILES string of the molecule is CN1CC(C)(Cn2cc(Oc3ccc(OC(F)F)c(-c4nn(C)cc4NC(=O)c4cnn5cccnc45)c3)cn2)C1. The highest BCUT2D eigenvalue weighted by Gasteiger charge is 2.37. The molecule has 0 radical (unpaired) electrons. The van der Waals surface area contributed by atoms with Crippen molar-refractivity contribution in [1.29, 1.82) is 0 Å². The third-order valence-corrected chi connectivity index (χ3v) is 6.72. The number of nitrogens with one attached hydrogen (secondary N) is 1. The number of alkyl halides is 2. The Bertz CT molecular complexity index is 1720. The minimum atomic E-state index is -3.07. The third kappa shape index (κ3) is 5.45. The summed E-state index contributed by atoms with van der Waals surface area (Å²) in [6, 6.07) is 6.12. The fraction of sp³-hybridized carbons (Fsp3) is 0.296. The van der Waals surface area contributed by atoms with Gasteiger partial charge in [-0.15, -0.1) is 0 Å². The molecule has 1 amide bonds. The van der Waals surface area contributed by atoms with Gasteiger partial charge in [0.2, 0.25) is 0 Å². The molecule has 1 aliphatic heterocycles. The molecule has 212 valence electrons. The molecule has 14 heteroatoms. The number of fused-ring (bicyclic) bond motifs is 1. The fourth-order valence-electron chi connectivity index (χ4n) is 5.28. The largest absolute Gasteiger partial charge is 0.454 e. The molecule has 4 aromatic heterocycles. The Balaban J connectivity index is 1.28. The second kappa shape index (κ2) is 10.3. The van der Waals surface area contributed by atoms with Gasteiger partial charge in [-0.25, -0.2) is 9.50 Å². The first-order valence-electron chi connectivity index (χ1n) is 12.8. The summed E-state index contributed by atoms with van der Waals surface area (Å²) in [5.74, 6) is 0.225. The maximum atomic E-state index is 13.3. The van der Waals surface area contributed by atoms with E-state index in [9.17, 15) is 13.6 Å². The number of carbonyl (C=O) groups excluding carboxylic acids is 1. The number of aromatic nitrogens is 7. The van der Waals surface area contributed by atoms with Gasteiger partial charge in [-0.1, -0.05) is 6.92 Å². The molecule has 0 bridgehead atoms. The Morgan fingerprint density at radius 2 is 1.98 bits per heavy atom. The van der Waals surface area contributed by atoms with Gasteiger partial charge in [-0.2, -0.15) is 24.1 Å². The number of hydrogen-bond donors (Lipinski definition) is 1. The maximum Gasteiger partial charge on any atom is 0.387 e. The van der Waals surface area contributed by atoms with Crippen molar-refractivity contribution < 1.29 is 23.0 Å². The number of anilines is 1. The van der Waals surface area contributed by atoms with Crippen molar-refractivity contribution in [3.63, 3.8) is 0 Å². The molecule has 1 aromatic carbocycles. The number of halogens is 2. The van der Waals surface area contributed by atoms with E-state index >= 15 is 0 Å². The second-order valence-electron chi connectivity index (χ2n) is 10.5. The number of carbonyl (C=O) groups is 1. The highest BCUT2D eigenvalue weighted by atomic mass is 19.3. The molecule has 0 atom stereocenters.